The third-order valence-corrected chi connectivity index (χ3v) is 4.71. The summed E-state index contributed by atoms with van der Waals surface area (Å²) in [4.78, 5) is 1.93. The molecule has 5 heteroatoms. The number of rotatable bonds is 3. The summed E-state index contributed by atoms with van der Waals surface area (Å²) in [6.45, 7) is 3.99. The van der Waals surface area contributed by atoms with E-state index in [1.165, 1.54) is 4.80 Å². The van der Waals surface area contributed by atoms with Gasteiger partial charge in [-0.15, -0.1) is 4.85 Å². The molecule has 1 atom stereocenters. The van der Waals surface area contributed by atoms with Crippen molar-refractivity contribution in [2.75, 3.05) is 0 Å². The smallest absolute Gasteiger partial charge is 0.250 e. The molecule has 0 bridgehead atoms. The molecule has 130 valence electrons. The van der Waals surface area contributed by atoms with Gasteiger partial charge in [0.1, 0.15) is 0 Å². The normalized spacial score (nSPS) is 12.4. The van der Waals surface area contributed by atoms with Crippen molar-refractivity contribution < 1.29 is 9.95 Å². The standard InChI is InChI=1S/C21H19N3O2/c1-14-12-17(15(2)16-8-4-3-5-9-16)21(25)20(13-14)23-22-18-10-6-7-11-19(18)24(23)26/h3-13,15,25H,1-2H3. The Morgan fingerprint density at radius 1 is 1.04 bits per heavy atom. The first-order valence-corrected chi connectivity index (χ1v) is 8.52. The van der Waals surface area contributed by atoms with Crippen molar-refractivity contribution in [1.29, 1.82) is 0 Å². The van der Waals surface area contributed by atoms with Crippen LogP contribution in [0.4, 0.5) is 0 Å². The Morgan fingerprint density at radius 3 is 2.46 bits per heavy atom. The molecule has 0 saturated carbocycles. The van der Waals surface area contributed by atoms with Gasteiger partial charge in [-0.25, -0.2) is 0 Å². The highest BCUT2D eigenvalue weighted by Gasteiger charge is 2.23. The van der Waals surface area contributed by atoms with Crippen LogP contribution < -0.4 is 4.85 Å². The van der Waals surface area contributed by atoms with Crippen molar-refractivity contribution in [3.63, 3.8) is 0 Å². The molecule has 4 aromatic rings. The van der Waals surface area contributed by atoms with E-state index in [1.54, 1.807) is 24.3 Å². The molecule has 1 aromatic heterocycles. The van der Waals surface area contributed by atoms with Crippen molar-refractivity contribution in [1.82, 2.24) is 9.90 Å². The van der Waals surface area contributed by atoms with E-state index in [2.05, 4.69) is 5.10 Å². The van der Waals surface area contributed by atoms with Crippen molar-refractivity contribution in [3.8, 4) is 11.4 Å². The van der Waals surface area contributed by atoms with Crippen molar-refractivity contribution in [2.24, 2.45) is 0 Å². The summed E-state index contributed by atoms with van der Waals surface area (Å²) in [5.41, 5.74) is 4.25. The van der Waals surface area contributed by atoms with E-state index in [9.17, 15) is 10.3 Å². The fraction of sp³-hybridized carbons (Fsp3) is 0.143. The second-order valence-corrected chi connectivity index (χ2v) is 6.51. The van der Waals surface area contributed by atoms with E-state index in [4.69, 9.17) is 0 Å². The molecular formula is C21H19N3O2. The summed E-state index contributed by atoms with van der Waals surface area (Å²) in [6, 6.07) is 20.8. The van der Waals surface area contributed by atoms with E-state index in [-0.39, 0.29) is 11.7 Å². The first-order chi connectivity index (χ1) is 12.6. The second-order valence-electron chi connectivity index (χ2n) is 6.51. The van der Waals surface area contributed by atoms with Gasteiger partial charge in [-0.3, -0.25) is 0 Å². The van der Waals surface area contributed by atoms with Crippen LogP contribution in [0.25, 0.3) is 16.7 Å². The van der Waals surface area contributed by atoms with Gasteiger partial charge in [0.05, 0.1) is 5.10 Å². The topological polar surface area (TPSA) is 65.0 Å². The van der Waals surface area contributed by atoms with Gasteiger partial charge in [0.15, 0.2) is 11.4 Å². The lowest BCUT2D eigenvalue weighted by Crippen LogP contribution is -2.37. The Kier molecular flexibility index (Phi) is 3.84. The molecule has 0 fully saturated rings. The first-order valence-electron chi connectivity index (χ1n) is 8.52. The van der Waals surface area contributed by atoms with Crippen LogP contribution in [-0.4, -0.2) is 15.0 Å². The highest BCUT2D eigenvalue weighted by Crippen LogP contribution is 2.35. The average Bonchev–Trinajstić information content (AvgIpc) is 3.00. The second kappa shape index (κ2) is 6.19. The maximum atomic E-state index is 12.6. The third kappa shape index (κ3) is 2.58. The van der Waals surface area contributed by atoms with E-state index < -0.39 is 0 Å². The highest BCUT2D eigenvalue weighted by atomic mass is 16.5. The number of phenols is 1. The highest BCUT2D eigenvalue weighted by molar-refractivity contribution is 5.70. The van der Waals surface area contributed by atoms with Crippen molar-refractivity contribution in [2.45, 2.75) is 19.8 Å². The van der Waals surface area contributed by atoms with E-state index >= 15 is 0 Å². The Morgan fingerprint density at radius 2 is 1.73 bits per heavy atom. The van der Waals surface area contributed by atoms with E-state index in [1.807, 2.05) is 56.3 Å². The molecule has 0 amide bonds. The van der Waals surface area contributed by atoms with Gasteiger partial charge in [-0.2, -0.15) is 0 Å². The zero-order valence-corrected chi connectivity index (χ0v) is 14.6. The molecule has 0 saturated heterocycles. The van der Waals surface area contributed by atoms with Crippen molar-refractivity contribution >= 4 is 11.0 Å². The first kappa shape index (κ1) is 16.1. The summed E-state index contributed by atoms with van der Waals surface area (Å²) in [7, 11) is 0. The van der Waals surface area contributed by atoms with Crippen LogP contribution in [0, 0.1) is 12.1 Å². The molecular weight excluding hydrogens is 326 g/mol. The molecule has 0 spiro atoms. The maximum Gasteiger partial charge on any atom is 0.250 e. The number of phenolic OH excluding ortho intramolecular Hbond substituents is 1. The van der Waals surface area contributed by atoms with Gasteiger partial charge in [0.2, 0.25) is 11.0 Å². The molecule has 4 rings (SSSR count). The fourth-order valence-electron chi connectivity index (χ4n) is 3.30. The van der Waals surface area contributed by atoms with Gasteiger partial charge in [-0.05, 0) is 41.0 Å². The fourth-order valence-corrected chi connectivity index (χ4v) is 3.30. The number of aromatic nitrogens is 3. The molecule has 0 radical (unpaired) electrons. The number of nitrogens with zero attached hydrogens (tertiary/aromatic N) is 3. The van der Waals surface area contributed by atoms with Crippen LogP contribution >= 0.6 is 0 Å². The Bertz CT molecular complexity index is 1090. The minimum atomic E-state index is -0.0140. The predicted molar refractivity (Wildman–Crippen MR) is 100 cm³/mol. The molecule has 0 aliphatic carbocycles. The number of para-hydroxylation sites is 1. The van der Waals surface area contributed by atoms with E-state index in [0.717, 1.165) is 16.7 Å². The lowest BCUT2D eigenvalue weighted by atomic mass is 9.91. The number of benzene rings is 3. The van der Waals surface area contributed by atoms with Crippen LogP contribution in [0.15, 0.2) is 66.7 Å². The zero-order chi connectivity index (χ0) is 18.3. The maximum absolute atomic E-state index is 12.6. The molecule has 1 heterocycles. The van der Waals surface area contributed by atoms with Gasteiger partial charge in [-0.1, -0.05) is 55.5 Å². The lowest BCUT2D eigenvalue weighted by molar-refractivity contribution is -0.664. The van der Waals surface area contributed by atoms with Crippen LogP contribution in [0.2, 0.25) is 0 Å². The lowest BCUT2D eigenvalue weighted by Gasteiger charge is -2.17. The molecule has 1 N–H and O–H groups in total. The van der Waals surface area contributed by atoms with Gasteiger partial charge < -0.3 is 10.3 Å². The molecule has 5 nitrogen and oxygen atoms in total. The Balaban J connectivity index is 1.90. The van der Waals surface area contributed by atoms with Crippen LogP contribution in [0.3, 0.4) is 0 Å². The number of aryl methyl sites for hydroxylation is 1. The number of fused-ring (bicyclic) bond motifs is 1. The Hall–Kier alpha value is -3.34. The quantitative estimate of drug-likeness (QED) is 0.453. The summed E-state index contributed by atoms with van der Waals surface area (Å²) < 4.78 is 0. The summed E-state index contributed by atoms with van der Waals surface area (Å²) in [5, 5.41) is 27.9. The van der Waals surface area contributed by atoms with Crippen LogP contribution in [0.1, 0.15) is 29.5 Å². The number of hydrogen-bond donors (Lipinski definition) is 1. The number of hydrogen-bond acceptors (Lipinski definition) is 3. The molecule has 0 aliphatic heterocycles. The van der Waals surface area contributed by atoms with Crippen LogP contribution in [0.5, 0.6) is 5.75 Å². The molecule has 3 aromatic carbocycles. The van der Waals surface area contributed by atoms with Crippen molar-refractivity contribution in [3.05, 3.63) is 88.6 Å². The third-order valence-electron chi connectivity index (χ3n) is 4.71. The minimum absolute atomic E-state index is 0.0140. The largest absolute Gasteiger partial charge is 0.692 e. The SMILES string of the molecule is Cc1cc(C(C)c2ccccc2)c(O)c(-n2nc3ccccc3[n+]2[O-])c1. The monoisotopic (exact) mass is 345 g/mol. The van der Waals surface area contributed by atoms with Gasteiger partial charge in [0.25, 0.3) is 0 Å². The zero-order valence-electron chi connectivity index (χ0n) is 14.6. The van der Waals surface area contributed by atoms with Gasteiger partial charge in [0, 0.05) is 11.5 Å². The Labute approximate surface area is 151 Å². The molecule has 26 heavy (non-hydrogen) atoms. The average molecular weight is 345 g/mol. The van der Waals surface area contributed by atoms with E-state index in [0.29, 0.717) is 21.6 Å². The molecule has 1 unspecified atom stereocenters. The summed E-state index contributed by atoms with van der Waals surface area (Å²) in [5.74, 6) is 0.0595. The summed E-state index contributed by atoms with van der Waals surface area (Å²) in [6.07, 6.45) is 0. The minimum Gasteiger partial charge on any atom is -0.692 e. The van der Waals surface area contributed by atoms with Crippen LogP contribution in [-0.2, 0) is 0 Å². The predicted octanol–water partition coefficient (Wildman–Crippen LogP) is 3.82. The summed E-state index contributed by atoms with van der Waals surface area (Å²) >= 11 is 0. The number of aromatic hydroxyl groups is 1. The molecule has 0 aliphatic rings. The van der Waals surface area contributed by atoms with Gasteiger partial charge >= 0.3 is 0 Å².